The maximum Gasteiger partial charge on any atom is 0.341 e. The van der Waals surface area contributed by atoms with Gasteiger partial charge in [0.1, 0.15) is 16.5 Å². The van der Waals surface area contributed by atoms with Crippen LogP contribution in [0.3, 0.4) is 0 Å². The van der Waals surface area contributed by atoms with Crippen molar-refractivity contribution >= 4 is 75.1 Å². The maximum atomic E-state index is 14.5. The molecule has 51 heavy (non-hydrogen) atoms. The monoisotopic (exact) mass is 722 g/mol. The fraction of sp³-hybridized carbons (Fsp3) is 0.0789. The average Bonchev–Trinajstić information content (AvgIpc) is 3.46. The minimum absolute atomic E-state index is 0.0773. The zero-order valence-electron chi connectivity index (χ0n) is 27.3. The molecule has 13 heteroatoms. The quantitative estimate of drug-likeness (QED) is 0.0598. The maximum absolute atomic E-state index is 14.5. The number of halogens is 1. The van der Waals surface area contributed by atoms with Gasteiger partial charge in [-0.25, -0.2) is 9.18 Å². The van der Waals surface area contributed by atoms with Crippen LogP contribution in [0.5, 0.6) is 0 Å². The van der Waals surface area contributed by atoms with Crippen LogP contribution in [0.15, 0.2) is 120 Å². The highest BCUT2D eigenvalue weighted by molar-refractivity contribution is 8.00. The lowest BCUT2D eigenvalue weighted by atomic mass is 10.1. The first-order chi connectivity index (χ1) is 24.6. The van der Waals surface area contributed by atoms with Crippen LogP contribution < -0.4 is 21.3 Å². The second-order valence-electron chi connectivity index (χ2n) is 10.8. The molecule has 4 amide bonds. The zero-order chi connectivity index (χ0) is 36.3. The minimum Gasteiger partial charge on any atom is -0.465 e. The Kier molecular flexibility index (Phi) is 12.1. The van der Waals surface area contributed by atoms with E-state index >= 15 is 0 Å². The molecular formula is C38H31FN4O6S2. The third kappa shape index (κ3) is 9.56. The topological polar surface area (TPSA) is 143 Å². The van der Waals surface area contributed by atoms with Crippen LogP contribution in [-0.4, -0.2) is 42.5 Å². The molecule has 0 aliphatic rings. The number of ether oxygens (including phenoxy) is 1. The predicted octanol–water partition coefficient (Wildman–Crippen LogP) is 7.37. The summed E-state index contributed by atoms with van der Waals surface area (Å²) in [6.45, 7) is 1.61. The van der Waals surface area contributed by atoms with E-state index in [1.165, 1.54) is 31.4 Å². The number of hydrogen-bond donors (Lipinski definition) is 4. The fourth-order valence-corrected chi connectivity index (χ4v) is 6.60. The summed E-state index contributed by atoms with van der Waals surface area (Å²) in [5, 5.41) is 11.0. The van der Waals surface area contributed by atoms with Crippen LogP contribution in [0.4, 0.5) is 20.8 Å². The van der Waals surface area contributed by atoms with Gasteiger partial charge in [-0.15, -0.1) is 23.1 Å². The lowest BCUT2D eigenvalue weighted by Crippen LogP contribution is -2.30. The van der Waals surface area contributed by atoms with E-state index in [1.54, 1.807) is 91.9 Å². The van der Waals surface area contributed by atoms with Gasteiger partial charge in [0.05, 0.1) is 23.3 Å². The molecule has 0 saturated carbocycles. The van der Waals surface area contributed by atoms with E-state index in [2.05, 4.69) is 21.3 Å². The SMILES string of the molecule is COC(=O)c1c(NC(=O)CSc2cccc(NC(=O)/C(=C/c3ccccc3F)NC(=O)c3ccccc3)c2)sc(C(=O)Nc2ccccc2)c1C. The lowest BCUT2D eigenvalue weighted by Gasteiger charge is -2.12. The van der Waals surface area contributed by atoms with Crippen LogP contribution in [0.1, 0.15) is 41.5 Å². The second kappa shape index (κ2) is 17.1. The zero-order valence-corrected chi connectivity index (χ0v) is 29.0. The molecule has 258 valence electrons. The summed E-state index contributed by atoms with van der Waals surface area (Å²) < 4.78 is 19.4. The van der Waals surface area contributed by atoms with Gasteiger partial charge in [0.15, 0.2) is 0 Å². The molecule has 0 radical (unpaired) electrons. The Labute approximate surface area is 301 Å². The molecular weight excluding hydrogens is 692 g/mol. The van der Waals surface area contributed by atoms with Gasteiger partial charge in [-0.05, 0) is 67.1 Å². The number of hydrogen-bond acceptors (Lipinski definition) is 8. The first kappa shape index (κ1) is 36.2. The number of para-hydroxylation sites is 1. The molecule has 5 rings (SSSR count). The largest absolute Gasteiger partial charge is 0.465 e. The summed E-state index contributed by atoms with van der Waals surface area (Å²) in [5.41, 5.74) is 1.61. The highest BCUT2D eigenvalue weighted by atomic mass is 32.2. The van der Waals surface area contributed by atoms with Gasteiger partial charge in [0.2, 0.25) is 5.91 Å². The standard InChI is InChI=1S/C38H31FN4O6S2/c1-23-32(38(48)49-2)37(51-33(23)36(47)40-26-15-7-4-8-16-26)43-31(44)22-50-28-18-11-17-27(21-28)41-35(46)30(20-25-14-9-10-19-29(25)39)42-34(45)24-12-5-3-6-13-24/h3-21H,22H2,1-2H3,(H,40,47)(H,41,46)(H,42,45)(H,43,44)/b30-20-. The molecule has 0 aliphatic heterocycles. The van der Waals surface area contributed by atoms with E-state index < -0.39 is 35.4 Å². The smallest absolute Gasteiger partial charge is 0.341 e. The Hall–Kier alpha value is -6.05. The number of carbonyl (C=O) groups is 5. The van der Waals surface area contributed by atoms with Crippen molar-refractivity contribution in [1.82, 2.24) is 5.32 Å². The Morgan fingerprint density at radius 1 is 0.784 bits per heavy atom. The van der Waals surface area contributed by atoms with Crippen LogP contribution >= 0.6 is 23.1 Å². The Morgan fingerprint density at radius 3 is 2.16 bits per heavy atom. The van der Waals surface area contributed by atoms with E-state index in [0.717, 1.165) is 23.1 Å². The molecule has 0 atom stereocenters. The molecule has 4 aromatic carbocycles. The van der Waals surface area contributed by atoms with Gasteiger partial charge in [0.25, 0.3) is 17.7 Å². The number of benzene rings is 4. The van der Waals surface area contributed by atoms with Crippen molar-refractivity contribution < 1.29 is 33.1 Å². The third-order valence-corrected chi connectivity index (χ3v) is 9.42. The molecule has 0 fully saturated rings. The summed E-state index contributed by atoms with van der Waals surface area (Å²) in [4.78, 5) is 66.0. The molecule has 5 aromatic rings. The number of esters is 1. The molecule has 0 bridgehead atoms. The number of carbonyl (C=O) groups excluding carboxylic acids is 5. The van der Waals surface area contributed by atoms with Crippen molar-refractivity contribution in [3.8, 4) is 0 Å². The van der Waals surface area contributed by atoms with Gasteiger partial charge in [0, 0.05) is 27.4 Å². The fourth-order valence-electron chi connectivity index (χ4n) is 4.74. The number of thioether (sulfide) groups is 1. The number of rotatable bonds is 12. The average molecular weight is 723 g/mol. The van der Waals surface area contributed by atoms with Crippen molar-refractivity contribution in [1.29, 1.82) is 0 Å². The number of anilines is 3. The van der Waals surface area contributed by atoms with Gasteiger partial charge < -0.3 is 26.0 Å². The summed E-state index contributed by atoms with van der Waals surface area (Å²) in [5.74, 6) is -3.48. The number of thiophene rings is 1. The van der Waals surface area contributed by atoms with Crippen LogP contribution in [0.2, 0.25) is 0 Å². The normalized spacial score (nSPS) is 10.9. The van der Waals surface area contributed by atoms with E-state index in [9.17, 15) is 28.4 Å². The van der Waals surface area contributed by atoms with Gasteiger partial charge in [-0.2, -0.15) is 0 Å². The van der Waals surface area contributed by atoms with Gasteiger partial charge >= 0.3 is 5.97 Å². The first-order valence-corrected chi connectivity index (χ1v) is 17.2. The van der Waals surface area contributed by atoms with E-state index in [0.29, 0.717) is 27.4 Å². The molecule has 0 spiro atoms. The van der Waals surface area contributed by atoms with Crippen LogP contribution in [-0.2, 0) is 14.3 Å². The van der Waals surface area contributed by atoms with Crippen molar-refractivity contribution in [3.05, 3.63) is 148 Å². The van der Waals surface area contributed by atoms with Crippen LogP contribution in [0, 0.1) is 12.7 Å². The van der Waals surface area contributed by atoms with Crippen molar-refractivity contribution in [2.75, 3.05) is 28.8 Å². The Morgan fingerprint density at radius 2 is 1.45 bits per heavy atom. The number of amides is 4. The molecule has 4 N–H and O–H groups in total. The third-order valence-electron chi connectivity index (χ3n) is 7.22. The highest BCUT2D eigenvalue weighted by Gasteiger charge is 2.26. The molecule has 0 aliphatic carbocycles. The first-order valence-electron chi connectivity index (χ1n) is 15.4. The molecule has 1 aromatic heterocycles. The van der Waals surface area contributed by atoms with Crippen molar-refractivity contribution in [3.63, 3.8) is 0 Å². The summed E-state index contributed by atoms with van der Waals surface area (Å²) >= 11 is 2.12. The Balaban J connectivity index is 1.27. The predicted molar refractivity (Wildman–Crippen MR) is 198 cm³/mol. The van der Waals surface area contributed by atoms with E-state index in [4.69, 9.17) is 4.74 Å². The molecule has 0 unspecified atom stereocenters. The summed E-state index contributed by atoms with van der Waals surface area (Å²) in [6, 6.07) is 29.6. The van der Waals surface area contributed by atoms with Crippen LogP contribution in [0.25, 0.3) is 6.08 Å². The highest BCUT2D eigenvalue weighted by Crippen LogP contribution is 2.35. The minimum atomic E-state index is -0.697. The van der Waals surface area contributed by atoms with Gasteiger partial charge in [-0.3, -0.25) is 19.2 Å². The molecule has 0 saturated heterocycles. The Bertz CT molecular complexity index is 2120. The summed E-state index contributed by atoms with van der Waals surface area (Å²) in [6.07, 6.45) is 1.25. The molecule has 10 nitrogen and oxygen atoms in total. The number of methoxy groups -OCH3 is 1. The van der Waals surface area contributed by atoms with E-state index in [-0.39, 0.29) is 32.5 Å². The van der Waals surface area contributed by atoms with Crippen molar-refractivity contribution in [2.24, 2.45) is 0 Å². The molecule has 1 heterocycles. The van der Waals surface area contributed by atoms with Crippen molar-refractivity contribution in [2.45, 2.75) is 11.8 Å². The van der Waals surface area contributed by atoms with Gasteiger partial charge in [-0.1, -0.05) is 60.7 Å². The number of nitrogens with one attached hydrogen (secondary N) is 4. The lowest BCUT2D eigenvalue weighted by molar-refractivity contribution is -0.114. The van der Waals surface area contributed by atoms with E-state index in [1.807, 2.05) is 6.07 Å². The summed E-state index contributed by atoms with van der Waals surface area (Å²) in [7, 11) is 1.21. The second-order valence-corrected chi connectivity index (χ2v) is 12.9.